The standard InChI is InChI=1S/C11H10BrN3O/c12-8-2-3-9-10(6-8)15(5-1-4-13)11(16)7-14-9/h2-3,6,14H,1,5,7H2. The second kappa shape index (κ2) is 4.54. The molecule has 0 radical (unpaired) electrons. The largest absolute Gasteiger partial charge is 0.374 e. The number of carbonyl (C=O) groups is 1. The normalized spacial score (nSPS) is 14.0. The Morgan fingerprint density at radius 2 is 2.38 bits per heavy atom. The lowest BCUT2D eigenvalue weighted by Gasteiger charge is -2.29. The van der Waals surface area contributed by atoms with Gasteiger partial charge in [-0.1, -0.05) is 15.9 Å². The third kappa shape index (κ3) is 2.02. The molecular formula is C11H10BrN3O. The van der Waals surface area contributed by atoms with Gasteiger partial charge < -0.3 is 10.2 Å². The summed E-state index contributed by atoms with van der Waals surface area (Å²) in [5, 5.41) is 11.6. The second-order valence-electron chi connectivity index (χ2n) is 3.47. The van der Waals surface area contributed by atoms with E-state index in [9.17, 15) is 4.79 Å². The number of carbonyl (C=O) groups excluding carboxylic acids is 1. The fourth-order valence-electron chi connectivity index (χ4n) is 1.69. The molecule has 2 rings (SSSR count). The molecule has 1 N–H and O–H groups in total. The number of benzene rings is 1. The second-order valence-corrected chi connectivity index (χ2v) is 4.38. The molecular weight excluding hydrogens is 270 g/mol. The van der Waals surface area contributed by atoms with Crippen molar-refractivity contribution in [1.82, 2.24) is 0 Å². The van der Waals surface area contributed by atoms with Crippen molar-refractivity contribution < 1.29 is 4.79 Å². The molecule has 0 spiro atoms. The molecule has 0 unspecified atom stereocenters. The van der Waals surface area contributed by atoms with Crippen LogP contribution in [0.1, 0.15) is 6.42 Å². The Bertz CT molecular complexity index is 467. The van der Waals surface area contributed by atoms with Crippen LogP contribution in [0.25, 0.3) is 0 Å². The predicted octanol–water partition coefficient (Wildman–Crippen LogP) is 2.12. The molecule has 1 amide bonds. The van der Waals surface area contributed by atoms with Gasteiger partial charge in [0.05, 0.1) is 30.4 Å². The Labute approximate surface area is 102 Å². The minimum Gasteiger partial charge on any atom is -0.374 e. The van der Waals surface area contributed by atoms with Gasteiger partial charge in [0.2, 0.25) is 5.91 Å². The van der Waals surface area contributed by atoms with Gasteiger partial charge in [0.15, 0.2) is 0 Å². The SMILES string of the molecule is N#CCCN1C(=O)CNc2ccc(Br)cc21. The van der Waals surface area contributed by atoms with Crippen LogP contribution < -0.4 is 10.2 Å². The number of nitriles is 1. The molecule has 1 aliphatic rings. The van der Waals surface area contributed by atoms with Crippen molar-refractivity contribution in [3.63, 3.8) is 0 Å². The summed E-state index contributed by atoms with van der Waals surface area (Å²) in [4.78, 5) is 13.4. The first-order chi connectivity index (χ1) is 7.72. The van der Waals surface area contributed by atoms with Crippen molar-refractivity contribution in [2.45, 2.75) is 6.42 Å². The van der Waals surface area contributed by atoms with Crippen LogP contribution in [-0.4, -0.2) is 19.0 Å². The van der Waals surface area contributed by atoms with E-state index in [1.165, 1.54) is 0 Å². The van der Waals surface area contributed by atoms with E-state index < -0.39 is 0 Å². The maximum atomic E-state index is 11.7. The Kier molecular flexibility index (Phi) is 3.11. The van der Waals surface area contributed by atoms with Crippen LogP contribution >= 0.6 is 15.9 Å². The highest BCUT2D eigenvalue weighted by Gasteiger charge is 2.23. The summed E-state index contributed by atoms with van der Waals surface area (Å²) in [6.45, 7) is 0.737. The maximum Gasteiger partial charge on any atom is 0.246 e. The number of nitrogens with one attached hydrogen (secondary N) is 1. The average Bonchev–Trinajstić information content (AvgIpc) is 2.28. The van der Waals surface area contributed by atoms with Gasteiger partial charge in [-0.3, -0.25) is 4.79 Å². The van der Waals surface area contributed by atoms with E-state index in [2.05, 4.69) is 27.3 Å². The number of amides is 1. The summed E-state index contributed by atoms with van der Waals surface area (Å²) in [6, 6.07) is 7.78. The van der Waals surface area contributed by atoms with Gasteiger partial charge in [-0.2, -0.15) is 5.26 Å². The number of hydrogen-bond acceptors (Lipinski definition) is 3. The summed E-state index contributed by atoms with van der Waals surface area (Å²) >= 11 is 3.38. The number of halogens is 1. The van der Waals surface area contributed by atoms with Crippen LogP contribution in [-0.2, 0) is 4.79 Å². The lowest BCUT2D eigenvalue weighted by molar-refractivity contribution is -0.117. The fourth-order valence-corrected chi connectivity index (χ4v) is 2.03. The van der Waals surface area contributed by atoms with Crippen LogP contribution in [0, 0.1) is 11.3 Å². The first-order valence-corrected chi connectivity index (χ1v) is 5.72. The van der Waals surface area contributed by atoms with Crippen LogP contribution in [0.5, 0.6) is 0 Å². The van der Waals surface area contributed by atoms with Crippen LogP contribution in [0.2, 0.25) is 0 Å². The Morgan fingerprint density at radius 3 is 3.12 bits per heavy atom. The van der Waals surface area contributed by atoms with Gasteiger partial charge >= 0.3 is 0 Å². The first kappa shape index (κ1) is 11.0. The summed E-state index contributed by atoms with van der Waals surface area (Å²) in [5.74, 6) is 0.000787. The molecule has 0 aromatic heterocycles. The van der Waals surface area contributed by atoms with Crippen molar-refractivity contribution in [3.8, 4) is 6.07 Å². The zero-order valence-electron chi connectivity index (χ0n) is 8.53. The third-order valence-corrected chi connectivity index (χ3v) is 2.92. The summed E-state index contributed by atoms with van der Waals surface area (Å²) in [6.07, 6.45) is 0.345. The van der Waals surface area contributed by atoms with Crippen molar-refractivity contribution >= 4 is 33.2 Å². The smallest absolute Gasteiger partial charge is 0.246 e. The predicted molar refractivity (Wildman–Crippen MR) is 65.2 cm³/mol. The molecule has 1 aliphatic heterocycles. The number of fused-ring (bicyclic) bond motifs is 1. The van der Waals surface area contributed by atoms with E-state index in [4.69, 9.17) is 5.26 Å². The number of hydrogen-bond donors (Lipinski definition) is 1. The molecule has 1 heterocycles. The number of nitrogens with zero attached hydrogens (tertiary/aromatic N) is 2. The zero-order chi connectivity index (χ0) is 11.5. The molecule has 16 heavy (non-hydrogen) atoms. The fraction of sp³-hybridized carbons (Fsp3) is 0.273. The number of anilines is 2. The zero-order valence-corrected chi connectivity index (χ0v) is 10.1. The third-order valence-electron chi connectivity index (χ3n) is 2.43. The minimum atomic E-state index is 0.000787. The van der Waals surface area contributed by atoms with Gasteiger partial charge in [-0.05, 0) is 18.2 Å². The van der Waals surface area contributed by atoms with Gasteiger partial charge in [0.1, 0.15) is 0 Å². The van der Waals surface area contributed by atoms with Crippen LogP contribution in [0.15, 0.2) is 22.7 Å². The van der Waals surface area contributed by atoms with Crippen molar-refractivity contribution in [1.29, 1.82) is 5.26 Å². The van der Waals surface area contributed by atoms with Gasteiger partial charge in [-0.25, -0.2) is 0 Å². The molecule has 5 heteroatoms. The molecule has 0 atom stereocenters. The Hall–Kier alpha value is -1.54. The van der Waals surface area contributed by atoms with E-state index in [-0.39, 0.29) is 5.91 Å². The molecule has 1 aromatic rings. The molecule has 0 bridgehead atoms. The maximum absolute atomic E-state index is 11.7. The highest BCUT2D eigenvalue weighted by Crippen LogP contribution is 2.32. The highest BCUT2D eigenvalue weighted by molar-refractivity contribution is 9.10. The molecule has 4 nitrogen and oxygen atoms in total. The van der Waals surface area contributed by atoms with Crippen LogP contribution in [0.4, 0.5) is 11.4 Å². The van der Waals surface area contributed by atoms with Gasteiger partial charge in [0, 0.05) is 11.0 Å². The van der Waals surface area contributed by atoms with E-state index in [1.807, 2.05) is 18.2 Å². The van der Waals surface area contributed by atoms with Crippen molar-refractivity contribution in [2.75, 3.05) is 23.3 Å². The summed E-state index contributed by atoms with van der Waals surface area (Å²) in [7, 11) is 0. The monoisotopic (exact) mass is 279 g/mol. The first-order valence-electron chi connectivity index (χ1n) is 4.93. The molecule has 0 fully saturated rings. The Morgan fingerprint density at radius 1 is 1.56 bits per heavy atom. The molecule has 0 saturated carbocycles. The molecule has 82 valence electrons. The lowest BCUT2D eigenvalue weighted by Crippen LogP contribution is -2.40. The molecule has 0 aliphatic carbocycles. The lowest BCUT2D eigenvalue weighted by atomic mass is 10.2. The van der Waals surface area contributed by atoms with E-state index in [0.717, 1.165) is 15.8 Å². The summed E-state index contributed by atoms with van der Waals surface area (Å²) < 4.78 is 0.921. The Balaban J connectivity index is 2.35. The van der Waals surface area contributed by atoms with Crippen molar-refractivity contribution in [3.05, 3.63) is 22.7 Å². The average molecular weight is 280 g/mol. The summed E-state index contributed by atoms with van der Waals surface area (Å²) in [5.41, 5.74) is 1.77. The molecule has 1 aromatic carbocycles. The quantitative estimate of drug-likeness (QED) is 0.902. The minimum absolute atomic E-state index is 0.000787. The van der Waals surface area contributed by atoms with Gasteiger partial charge in [0.25, 0.3) is 0 Å². The van der Waals surface area contributed by atoms with Gasteiger partial charge in [-0.15, -0.1) is 0 Å². The van der Waals surface area contributed by atoms with Crippen molar-refractivity contribution in [2.24, 2.45) is 0 Å². The number of rotatable bonds is 2. The van der Waals surface area contributed by atoms with E-state index >= 15 is 0 Å². The highest BCUT2D eigenvalue weighted by atomic mass is 79.9. The van der Waals surface area contributed by atoms with E-state index in [1.54, 1.807) is 4.90 Å². The van der Waals surface area contributed by atoms with Crippen LogP contribution in [0.3, 0.4) is 0 Å². The molecule has 0 saturated heterocycles. The van der Waals surface area contributed by atoms with E-state index in [0.29, 0.717) is 19.5 Å². The topological polar surface area (TPSA) is 56.1 Å².